The fourth-order valence-electron chi connectivity index (χ4n) is 4.83. The second kappa shape index (κ2) is 7.92. The van der Waals surface area contributed by atoms with Gasteiger partial charge in [-0.25, -0.2) is 9.50 Å². The molecule has 2 N–H and O–H groups in total. The van der Waals surface area contributed by atoms with Gasteiger partial charge in [0.1, 0.15) is 5.82 Å². The molecule has 0 spiro atoms. The molecule has 2 fully saturated rings. The average Bonchev–Trinajstić information content (AvgIpc) is 3.38. The number of aryl methyl sites for hydroxylation is 2. The van der Waals surface area contributed by atoms with Gasteiger partial charge in [-0.2, -0.15) is 5.10 Å². The number of carbonyl (C=O) groups is 1. The third-order valence-electron chi connectivity index (χ3n) is 6.50. The molecule has 2 saturated heterocycles. The zero-order chi connectivity index (χ0) is 21.5. The van der Waals surface area contributed by atoms with Gasteiger partial charge >= 0.3 is 0 Å². The number of carbonyl (C=O) groups excluding carboxylic acids is 1. The van der Waals surface area contributed by atoms with Gasteiger partial charge in [0.25, 0.3) is 5.91 Å². The van der Waals surface area contributed by atoms with E-state index in [9.17, 15) is 4.79 Å². The lowest BCUT2D eigenvalue weighted by Gasteiger charge is -2.35. The highest BCUT2D eigenvalue weighted by Gasteiger charge is 2.31. The molecule has 0 aromatic carbocycles. The number of likely N-dealkylation sites (tertiary alicyclic amines) is 1. The van der Waals surface area contributed by atoms with E-state index in [1.54, 1.807) is 12.4 Å². The number of hydrogen-bond donors (Lipinski definition) is 1. The quantitative estimate of drug-likeness (QED) is 0.702. The molecule has 0 aliphatic carbocycles. The summed E-state index contributed by atoms with van der Waals surface area (Å²) < 4.78 is 1.85. The maximum Gasteiger partial charge on any atom is 0.254 e. The number of hydrogen-bond acceptors (Lipinski definition) is 6. The number of fused-ring (bicyclic) bond motifs is 1. The smallest absolute Gasteiger partial charge is 0.254 e. The Kier molecular flexibility index (Phi) is 5.09. The fourth-order valence-corrected chi connectivity index (χ4v) is 4.83. The van der Waals surface area contributed by atoms with Crippen LogP contribution in [0.5, 0.6) is 0 Å². The SMILES string of the molecule is Cc1cnccc1C(=O)N1CCCC[C@H]1c1cc2nc(N3CC[C@H](N)C3)c(C)cn2n1. The van der Waals surface area contributed by atoms with Crippen molar-refractivity contribution in [3.05, 3.63) is 53.1 Å². The van der Waals surface area contributed by atoms with Gasteiger partial charge in [-0.15, -0.1) is 0 Å². The first kappa shape index (κ1) is 19.9. The summed E-state index contributed by atoms with van der Waals surface area (Å²) in [5, 5.41) is 4.83. The molecule has 0 bridgehead atoms. The summed E-state index contributed by atoms with van der Waals surface area (Å²) in [5.74, 6) is 1.04. The topological polar surface area (TPSA) is 92.7 Å². The van der Waals surface area contributed by atoms with Gasteiger partial charge in [-0.1, -0.05) is 0 Å². The minimum absolute atomic E-state index is 0.0421. The standard InChI is InChI=1S/C23H29N7O/c1-15-12-25-8-6-18(15)23(31)29-9-4-3-5-20(29)19-11-21-26-22(16(2)13-30(21)27-19)28-10-7-17(24)14-28/h6,8,11-13,17,20H,3-5,7,9-10,14,24H2,1-2H3/t17-,20-/m0/s1. The minimum atomic E-state index is -0.0421. The molecule has 5 heterocycles. The van der Waals surface area contributed by atoms with E-state index < -0.39 is 0 Å². The number of anilines is 1. The van der Waals surface area contributed by atoms with E-state index in [1.807, 2.05) is 34.7 Å². The van der Waals surface area contributed by atoms with Crippen molar-refractivity contribution >= 4 is 17.4 Å². The Labute approximate surface area is 182 Å². The van der Waals surface area contributed by atoms with Gasteiger partial charge in [-0.05, 0) is 51.2 Å². The number of pyridine rings is 1. The van der Waals surface area contributed by atoms with Gasteiger partial charge in [0, 0.05) is 61.5 Å². The second-order valence-electron chi connectivity index (χ2n) is 8.81. The summed E-state index contributed by atoms with van der Waals surface area (Å²) in [7, 11) is 0. The largest absolute Gasteiger partial charge is 0.355 e. The van der Waals surface area contributed by atoms with Crippen LogP contribution < -0.4 is 10.6 Å². The van der Waals surface area contributed by atoms with Crippen LogP contribution in [0.25, 0.3) is 5.65 Å². The van der Waals surface area contributed by atoms with Crippen LogP contribution in [0, 0.1) is 13.8 Å². The lowest BCUT2D eigenvalue weighted by molar-refractivity contribution is 0.0605. The van der Waals surface area contributed by atoms with Gasteiger partial charge in [-0.3, -0.25) is 9.78 Å². The molecule has 2 atom stereocenters. The van der Waals surface area contributed by atoms with Crippen LogP contribution in [0.3, 0.4) is 0 Å². The van der Waals surface area contributed by atoms with Crippen LogP contribution in [0.1, 0.15) is 58.9 Å². The lowest BCUT2D eigenvalue weighted by Crippen LogP contribution is -2.39. The van der Waals surface area contributed by atoms with Crippen LogP contribution in [-0.4, -0.2) is 56.1 Å². The number of nitrogens with two attached hydrogens (primary N) is 1. The van der Waals surface area contributed by atoms with Crippen molar-refractivity contribution in [1.29, 1.82) is 0 Å². The molecule has 8 heteroatoms. The van der Waals surface area contributed by atoms with Crippen LogP contribution in [0.2, 0.25) is 0 Å². The van der Waals surface area contributed by atoms with Crippen molar-refractivity contribution in [2.45, 2.75) is 51.6 Å². The highest BCUT2D eigenvalue weighted by Crippen LogP contribution is 2.33. The van der Waals surface area contributed by atoms with E-state index in [0.29, 0.717) is 5.56 Å². The van der Waals surface area contributed by atoms with Crippen LogP contribution in [-0.2, 0) is 0 Å². The molecule has 8 nitrogen and oxygen atoms in total. The summed E-state index contributed by atoms with van der Waals surface area (Å²) in [6.45, 7) is 6.50. The third-order valence-corrected chi connectivity index (χ3v) is 6.50. The van der Waals surface area contributed by atoms with Crippen molar-refractivity contribution in [1.82, 2.24) is 24.5 Å². The zero-order valence-corrected chi connectivity index (χ0v) is 18.2. The summed E-state index contributed by atoms with van der Waals surface area (Å²) in [6, 6.07) is 4.01. The Morgan fingerprint density at radius 1 is 1.16 bits per heavy atom. The summed E-state index contributed by atoms with van der Waals surface area (Å²) in [4.78, 5) is 26.6. The summed E-state index contributed by atoms with van der Waals surface area (Å²) >= 11 is 0. The van der Waals surface area contributed by atoms with E-state index in [4.69, 9.17) is 15.8 Å². The van der Waals surface area contributed by atoms with E-state index in [0.717, 1.165) is 73.6 Å². The molecule has 5 rings (SSSR count). The van der Waals surface area contributed by atoms with Gasteiger partial charge in [0.15, 0.2) is 5.65 Å². The molecule has 0 radical (unpaired) electrons. The second-order valence-corrected chi connectivity index (χ2v) is 8.81. The van der Waals surface area contributed by atoms with Gasteiger partial charge < -0.3 is 15.5 Å². The van der Waals surface area contributed by atoms with Crippen LogP contribution >= 0.6 is 0 Å². The normalized spacial score (nSPS) is 21.8. The predicted octanol–water partition coefficient (Wildman–Crippen LogP) is 2.65. The monoisotopic (exact) mass is 419 g/mol. The molecular weight excluding hydrogens is 390 g/mol. The lowest BCUT2D eigenvalue weighted by atomic mass is 9.97. The Balaban J connectivity index is 1.48. The zero-order valence-electron chi connectivity index (χ0n) is 18.2. The highest BCUT2D eigenvalue weighted by molar-refractivity contribution is 5.95. The average molecular weight is 420 g/mol. The van der Waals surface area contributed by atoms with Crippen molar-refractivity contribution < 1.29 is 4.79 Å². The Hall–Kier alpha value is -3.00. The van der Waals surface area contributed by atoms with Crippen molar-refractivity contribution in [3.63, 3.8) is 0 Å². The molecule has 1 amide bonds. The van der Waals surface area contributed by atoms with E-state index in [-0.39, 0.29) is 18.0 Å². The number of nitrogens with zero attached hydrogens (tertiary/aromatic N) is 6. The van der Waals surface area contributed by atoms with E-state index in [1.165, 1.54) is 0 Å². The maximum absolute atomic E-state index is 13.4. The molecular formula is C23H29N7O. The van der Waals surface area contributed by atoms with E-state index >= 15 is 0 Å². The van der Waals surface area contributed by atoms with Crippen LogP contribution in [0.4, 0.5) is 5.82 Å². The molecule has 162 valence electrons. The Morgan fingerprint density at radius 2 is 2.03 bits per heavy atom. The number of amides is 1. The fraction of sp³-hybridized carbons (Fsp3) is 0.478. The number of rotatable bonds is 3. The molecule has 2 aliphatic rings. The van der Waals surface area contributed by atoms with E-state index in [2.05, 4.69) is 16.8 Å². The molecule has 0 unspecified atom stereocenters. The highest BCUT2D eigenvalue weighted by atomic mass is 16.2. The van der Waals surface area contributed by atoms with Crippen molar-refractivity contribution in [2.75, 3.05) is 24.5 Å². The first-order chi connectivity index (χ1) is 15.0. The van der Waals surface area contributed by atoms with Gasteiger partial charge in [0.2, 0.25) is 0 Å². The minimum Gasteiger partial charge on any atom is -0.355 e. The Bertz CT molecular complexity index is 1120. The predicted molar refractivity (Wildman–Crippen MR) is 119 cm³/mol. The third kappa shape index (κ3) is 3.65. The first-order valence-corrected chi connectivity index (χ1v) is 11.1. The molecule has 0 saturated carbocycles. The molecule has 31 heavy (non-hydrogen) atoms. The van der Waals surface area contributed by atoms with Crippen LogP contribution in [0.15, 0.2) is 30.7 Å². The number of aromatic nitrogens is 4. The summed E-state index contributed by atoms with van der Waals surface area (Å²) in [5.41, 5.74) is 10.5. The molecule has 3 aromatic heterocycles. The molecule has 2 aliphatic heterocycles. The first-order valence-electron chi connectivity index (χ1n) is 11.1. The Morgan fingerprint density at radius 3 is 2.81 bits per heavy atom. The van der Waals surface area contributed by atoms with Gasteiger partial charge in [0.05, 0.1) is 11.7 Å². The molecule has 3 aromatic rings. The summed E-state index contributed by atoms with van der Waals surface area (Å²) in [6.07, 6.45) is 9.46. The maximum atomic E-state index is 13.4. The van der Waals surface area contributed by atoms with Crippen molar-refractivity contribution in [3.8, 4) is 0 Å². The number of piperidine rings is 1. The van der Waals surface area contributed by atoms with Crippen molar-refractivity contribution in [2.24, 2.45) is 5.73 Å².